The van der Waals surface area contributed by atoms with Crippen LogP contribution in [-0.4, -0.2) is 231 Å². The number of amides is 7. The molecule has 0 saturated carbocycles. The van der Waals surface area contributed by atoms with Crippen LogP contribution in [-0.2, 0) is 76.9 Å². The maximum absolute atomic E-state index is 16.3. The number of halogens is 1. The first kappa shape index (κ1) is 91.8. The highest BCUT2D eigenvalue weighted by molar-refractivity contribution is 7.99. The number of H-pyrrole nitrogens is 3. The van der Waals surface area contributed by atoms with Gasteiger partial charge in [-0.05, 0) is 203 Å². The van der Waals surface area contributed by atoms with Crippen molar-refractivity contribution in [3.05, 3.63) is 215 Å². The fourth-order valence-electron chi connectivity index (χ4n) is 19.9. The molecule has 17 N–H and O–H groups in total. The number of nitrogens with two attached hydrogens (primary N) is 2. The van der Waals surface area contributed by atoms with Crippen molar-refractivity contribution in [2.24, 2.45) is 23.3 Å². The Kier molecular flexibility index (Phi) is 32.0. The number of carbonyl (C=O) groups excluding carboxylic acids is 8. The summed E-state index contributed by atoms with van der Waals surface area (Å²) >= 11 is 3.78. The third-order valence-electron chi connectivity index (χ3n) is 26.4. The minimum absolute atomic E-state index is 0.00188. The average molecular weight is 1760 g/mol. The number of unbranched alkanes of at least 4 members (excludes halogenated alkanes) is 1. The molecule has 9 aromatic rings. The van der Waals surface area contributed by atoms with Crippen LogP contribution in [0.2, 0.25) is 0 Å². The molecule has 0 unspecified atom stereocenters. The molecule has 5 aliphatic rings. The number of hydrogen-bond acceptors (Lipinski definition) is 16. The number of likely N-dealkylation sites (tertiary alicyclic amines) is 2. The molecule has 3 aliphatic heterocycles. The fraction of sp³-hybridized carbons (Fsp3) is 0.474. The molecule has 3 fully saturated rings. The first-order chi connectivity index (χ1) is 61.1. The van der Waals surface area contributed by atoms with Gasteiger partial charge in [0.25, 0.3) is 0 Å². The monoisotopic (exact) mass is 1750 g/mol. The lowest BCUT2D eigenvalue weighted by Crippen LogP contribution is -2.62. The SMILES string of the molecule is C[C@@H](O)[C@@H]1NC(=O)[C@H](CCCCN)NC(=O)[C@@H](Cc2c[nH]c3ccccc23)NC(=O)[C@H](Cc2ccccc2)NC(=O)[C@H](Cc2ccccc2)NC(=O)[C@H](CCCNC(=N)N)NC(=O)[C@H](N(CCSC[C@@H]2C[C@@H]3c4cccc5[nH]cc(c45)C[C@H]3N(C)C2)CCSC[C@@H]2C[C@@H]3c4cccc5[nH]cc(c45)C[C@H]3N(C)C2)CCCCCC(=O)[C@H](Cc2ccc(F)cc2)NC1=O. The van der Waals surface area contributed by atoms with E-state index in [9.17, 15) is 19.1 Å². The number of piperidine rings is 2. The molecule has 2 aliphatic carbocycles. The highest BCUT2D eigenvalue weighted by atomic mass is 32.2. The Labute approximate surface area is 745 Å². The molecule has 670 valence electrons. The Morgan fingerprint density at radius 1 is 0.532 bits per heavy atom. The van der Waals surface area contributed by atoms with E-state index < -0.39 is 102 Å². The zero-order chi connectivity index (χ0) is 88.3. The molecule has 0 spiro atoms. The topological polar surface area (TPSA) is 386 Å². The molecule has 126 heavy (non-hydrogen) atoms. The third-order valence-corrected chi connectivity index (χ3v) is 28.8. The molecule has 6 heterocycles. The molecular weight excluding hydrogens is 1630 g/mol. The molecule has 7 amide bonds. The van der Waals surface area contributed by atoms with Gasteiger partial charge in [0.05, 0.1) is 18.2 Å². The molecule has 15 atom stereocenters. The number of ketones is 1. The van der Waals surface area contributed by atoms with Crippen LogP contribution in [0.4, 0.5) is 4.39 Å². The lowest BCUT2D eigenvalue weighted by molar-refractivity contribution is -0.136. The largest absolute Gasteiger partial charge is 0.391 e. The number of carbonyl (C=O) groups is 8. The van der Waals surface area contributed by atoms with Crippen LogP contribution < -0.4 is 54.0 Å². The van der Waals surface area contributed by atoms with Gasteiger partial charge < -0.3 is 83.9 Å². The summed E-state index contributed by atoms with van der Waals surface area (Å²) in [6.07, 6.45) is 10.7. The van der Waals surface area contributed by atoms with Crippen molar-refractivity contribution in [2.75, 3.05) is 76.4 Å². The number of guanidine groups is 1. The summed E-state index contributed by atoms with van der Waals surface area (Å²) in [4.78, 5) is 142. The van der Waals surface area contributed by atoms with Crippen LogP contribution in [0.25, 0.3) is 32.7 Å². The van der Waals surface area contributed by atoms with Crippen molar-refractivity contribution in [3.8, 4) is 0 Å². The Hall–Kier alpha value is -10.4. The second kappa shape index (κ2) is 43.9. The quantitative estimate of drug-likeness (QED) is 0.0124. The van der Waals surface area contributed by atoms with Crippen LogP contribution in [0, 0.1) is 23.1 Å². The molecule has 14 rings (SSSR count). The highest BCUT2D eigenvalue weighted by Gasteiger charge is 2.43. The van der Waals surface area contributed by atoms with E-state index >= 15 is 28.8 Å². The normalized spacial score (nSPS) is 25.1. The average Bonchev–Trinajstić information content (AvgIpc) is 1.54. The maximum Gasteiger partial charge on any atom is 0.245 e. The number of aromatic nitrogens is 3. The summed E-state index contributed by atoms with van der Waals surface area (Å²) in [7, 11) is 4.51. The maximum atomic E-state index is 16.3. The molecule has 26 nitrogen and oxygen atoms in total. The summed E-state index contributed by atoms with van der Waals surface area (Å²) in [6.45, 7) is 4.66. The predicted octanol–water partition coefficient (Wildman–Crippen LogP) is 8.70. The van der Waals surface area contributed by atoms with E-state index in [1.165, 1.54) is 75.2 Å². The van der Waals surface area contributed by atoms with Gasteiger partial charge in [0.15, 0.2) is 11.7 Å². The Bertz CT molecular complexity index is 5110. The van der Waals surface area contributed by atoms with Crippen LogP contribution in [0.3, 0.4) is 0 Å². The number of Topliss-reactive ketones (excluding diaryl/α,β-unsaturated/α-hetero) is 1. The van der Waals surface area contributed by atoms with E-state index in [0.29, 0.717) is 121 Å². The number of nitrogens with one attached hydrogen (secondary N) is 12. The Balaban J connectivity index is 0.797. The van der Waals surface area contributed by atoms with Gasteiger partial charge in [-0.1, -0.05) is 128 Å². The van der Waals surface area contributed by atoms with Crippen molar-refractivity contribution < 1.29 is 47.9 Å². The summed E-state index contributed by atoms with van der Waals surface area (Å²) in [6, 6.07) is 34.5. The molecule has 3 aromatic heterocycles. The number of fused-ring (bicyclic) bond motifs is 5. The van der Waals surface area contributed by atoms with Crippen molar-refractivity contribution in [2.45, 2.75) is 201 Å². The second-order valence-corrected chi connectivity index (χ2v) is 37.7. The number of nitrogens with zero attached hydrogens (tertiary/aromatic N) is 3. The summed E-state index contributed by atoms with van der Waals surface area (Å²) in [5.74, 6) is -1.68. The standard InChI is InChI=1S/C97H124FN17O9S2/c1-59(116)89-96(124)108-79(46-62-34-36-68(98)37-35-62)86(117)33-12-6-11-32-83(115(40-42-125-57-63-44-72-70-25-17-29-75-87(70)66(53-104-75)50-84(72)113(2)55-63)41-43-126-58-64-45-73-71-26-18-30-76-88(71)67(54-105-76)51-85(73)114(3)56-64)95(123)107-78(31-19-39-102-97(100)101)90(118)109-80(47-60-20-7-4-8-21-60)92(120)110-81(48-61-22-9-5-10-23-61)93(121)111-82(49-65-52-103-74-27-14-13-24-69(65)74)94(122)106-77(91(119)112-89)28-15-16-38-99/h4-5,7-10,13-14,17-18,20-27,29-30,34-37,52-54,59,63-64,72-73,77-85,89,103-105,116H,6,11-12,15-16,19,28,31-33,38-51,55-58,99H2,1-3H3,(H,106,122)(H,107,123)(H,108,124)(H,109,118)(H,110,120)(H,111,121)(H,112,119)(H4,100,101,102)/t59-,63-,64-,72-,73-,77+,78+,79+,80+,81+,82-,83-,84-,85-,89+/m1/s1. The van der Waals surface area contributed by atoms with E-state index in [2.05, 4.69) is 135 Å². The second-order valence-electron chi connectivity index (χ2n) is 35.4. The zero-order valence-corrected chi connectivity index (χ0v) is 74.1. The van der Waals surface area contributed by atoms with Gasteiger partial charge in [-0.25, -0.2) is 4.39 Å². The summed E-state index contributed by atoms with van der Waals surface area (Å²) < 4.78 is 14.6. The van der Waals surface area contributed by atoms with Crippen molar-refractivity contribution in [1.29, 1.82) is 5.41 Å². The van der Waals surface area contributed by atoms with E-state index in [1.807, 2.05) is 84.2 Å². The number of hydrogen-bond donors (Lipinski definition) is 15. The van der Waals surface area contributed by atoms with Gasteiger partial charge in [-0.3, -0.25) is 48.7 Å². The number of aliphatic hydroxyl groups excluding tert-OH is 1. The van der Waals surface area contributed by atoms with E-state index in [4.69, 9.17) is 16.9 Å². The van der Waals surface area contributed by atoms with E-state index in [0.717, 1.165) is 61.2 Å². The van der Waals surface area contributed by atoms with Crippen LogP contribution in [0.15, 0.2) is 164 Å². The number of para-hydroxylation sites is 1. The number of likely N-dealkylation sites (N-methyl/N-ethyl adjacent to an activating group) is 2. The van der Waals surface area contributed by atoms with Gasteiger partial charge in [0.1, 0.15) is 42.1 Å². The molecule has 3 saturated heterocycles. The van der Waals surface area contributed by atoms with Gasteiger partial charge >= 0.3 is 0 Å². The molecular formula is C97H124FN17O9S2. The first-order valence-corrected chi connectivity index (χ1v) is 47.4. The highest BCUT2D eigenvalue weighted by Crippen LogP contribution is 2.47. The third kappa shape index (κ3) is 23.5. The van der Waals surface area contributed by atoms with E-state index in [-0.39, 0.29) is 76.2 Å². The van der Waals surface area contributed by atoms with Crippen LogP contribution >= 0.6 is 23.5 Å². The molecule has 0 bridgehead atoms. The summed E-state index contributed by atoms with van der Waals surface area (Å²) in [5, 5.41) is 46.6. The number of aliphatic hydroxyl groups is 1. The number of benzene rings is 6. The van der Waals surface area contributed by atoms with Crippen LogP contribution in [0.1, 0.15) is 140 Å². The molecule has 0 radical (unpaired) electrons. The van der Waals surface area contributed by atoms with Gasteiger partial charge in [-0.2, -0.15) is 23.5 Å². The van der Waals surface area contributed by atoms with Gasteiger partial charge in [0, 0.05) is 145 Å². The number of thioether (sulfide) groups is 2. The Morgan fingerprint density at radius 3 is 1.56 bits per heavy atom. The number of rotatable bonds is 28. The summed E-state index contributed by atoms with van der Waals surface area (Å²) in [5.41, 5.74) is 23.0. The smallest absolute Gasteiger partial charge is 0.245 e. The van der Waals surface area contributed by atoms with Gasteiger partial charge in [-0.15, -0.1) is 0 Å². The molecule has 6 aromatic carbocycles. The van der Waals surface area contributed by atoms with E-state index in [1.54, 1.807) is 30.5 Å². The first-order valence-electron chi connectivity index (χ1n) is 45.1. The van der Waals surface area contributed by atoms with Crippen molar-refractivity contribution >= 4 is 109 Å². The van der Waals surface area contributed by atoms with Crippen molar-refractivity contribution in [3.63, 3.8) is 0 Å². The van der Waals surface area contributed by atoms with Crippen LogP contribution in [0.5, 0.6) is 0 Å². The molecule has 29 heteroatoms. The predicted molar refractivity (Wildman–Crippen MR) is 496 cm³/mol. The van der Waals surface area contributed by atoms with Crippen molar-refractivity contribution in [1.82, 2.24) is 72.2 Å². The van der Waals surface area contributed by atoms with Gasteiger partial charge in [0.2, 0.25) is 41.4 Å². The fourth-order valence-corrected chi connectivity index (χ4v) is 22.1. The lowest BCUT2D eigenvalue weighted by Gasteiger charge is -2.45. The Morgan fingerprint density at radius 2 is 1.01 bits per heavy atom. The lowest BCUT2D eigenvalue weighted by atomic mass is 9.73. The minimum atomic E-state index is -1.67. The number of aromatic amines is 3. The zero-order valence-electron chi connectivity index (χ0n) is 72.5. The minimum Gasteiger partial charge on any atom is -0.391 e.